The lowest BCUT2D eigenvalue weighted by molar-refractivity contribution is -0.385. The first-order valence-electron chi connectivity index (χ1n) is 12.8. The summed E-state index contributed by atoms with van der Waals surface area (Å²) in [6.07, 6.45) is 3.69. The van der Waals surface area contributed by atoms with E-state index in [0.717, 1.165) is 22.2 Å². The number of hydrogen-bond acceptors (Lipinski definition) is 7. The fourth-order valence-corrected chi connectivity index (χ4v) is 6.26. The molecular weight excluding hydrogens is 528 g/mol. The Labute approximate surface area is 233 Å². The van der Waals surface area contributed by atoms with Crippen LogP contribution in [0.4, 0.5) is 5.69 Å². The van der Waals surface area contributed by atoms with Crippen molar-refractivity contribution in [2.45, 2.75) is 40.3 Å². The third-order valence-electron chi connectivity index (χ3n) is 7.13. The largest absolute Gasteiger partial charge is 0.463 e. The number of allylic oxidation sites excluding steroid dienone is 2. The van der Waals surface area contributed by atoms with Crippen LogP contribution in [0, 0.1) is 24.0 Å². The zero-order valence-electron chi connectivity index (χ0n) is 22.6. The van der Waals surface area contributed by atoms with E-state index in [0.29, 0.717) is 32.7 Å². The van der Waals surface area contributed by atoms with Crippen LogP contribution in [-0.4, -0.2) is 26.6 Å². The molecule has 0 radical (unpaired) electrons. The number of esters is 1. The summed E-state index contributed by atoms with van der Waals surface area (Å²) in [4.78, 5) is 43.5. The Morgan fingerprint density at radius 1 is 1.23 bits per heavy atom. The number of fused-ring (bicyclic) bond motifs is 2. The lowest BCUT2D eigenvalue weighted by Gasteiger charge is -2.24. The van der Waals surface area contributed by atoms with E-state index in [1.54, 1.807) is 32.9 Å². The third-order valence-corrected chi connectivity index (χ3v) is 8.11. The Kier molecular flexibility index (Phi) is 7.12. The van der Waals surface area contributed by atoms with E-state index in [4.69, 9.17) is 4.74 Å². The van der Waals surface area contributed by atoms with Crippen molar-refractivity contribution in [2.75, 3.05) is 6.61 Å². The molecule has 4 aromatic rings. The predicted octanol–water partition coefficient (Wildman–Crippen LogP) is 4.46. The molecule has 0 aliphatic carbocycles. The lowest BCUT2D eigenvalue weighted by atomic mass is 9.94. The monoisotopic (exact) mass is 556 g/mol. The number of thiazole rings is 1. The molecule has 2 aromatic carbocycles. The van der Waals surface area contributed by atoms with Gasteiger partial charge >= 0.3 is 5.97 Å². The van der Waals surface area contributed by atoms with Crippen molar-refractivity contribution < 1.29 is 14.5 Å². The highest BCUT2D eigenvalue weighted by Crippen LogP contribution is 2.33. The number of nitrogens with zero attached hydrogens (tertiary/aromatic N) is 4. The van der Waals surface area contributed by atoms with Gasteiger partial charge in [-0.15, -0.1) is 6.58 Å². The van der Waals surface area contributed by atoms with Gasteiger partial charge in [-0.05, 0) is 45.4 Å². The van der Waals surface area contributed by atoms with Gasteiger partial charge in [-0.1, -0.05) is 47.7 Å². The predicted molar refractivity (Wildman–Crippen MR) is 155 cm³/mol. The van der Waals surface area contributed by atoms with Gasteiger partial charge in [-0.25, -0.2) is 9.79 Å². The summed E-state index contributed by atoms with van der Waals surface area (Å²) in [5.41, 5.74) is 3.98. The van der Waals surface area contributed by atoms with Crippen LogP contribution in [-0.2, 0) is 16.1 Å². The summed E-state index contributed by atoms with van der Waals surface area (Å²) in [5.74, 6) is -0.616. The zero-order valence-corrected chi connectivity index (χ0v) is 23.4. The first-order chi connectivity index (χ1) is 19.2. The van der Waals surface area contributed by atoms with Crippen molar-refractivity contribution >= 4 is 40.0 Å². The van der Waals surface area contributed by atoms with Crippen LogP contribution < -0.4 is 14.9 Å². The standard InChI is InChI=1S/C30H28N4O5S/c1-6-14-32-19(5)22(21-10-8-9-11-23(21)32)16-25-28(35)33-27(20-13-12-17(3)24(15-20)34(37)38)26(29(36)39-7-2)18(4)31-30(33)40-25/h6,8-13,15-16,27H,1,7,14H2,2-5H3. The number of para-hydroxylation sites is 1. The van der Waals surface area contributed by atoms with Crippen molar-refractivity contribution in [2.24, 2.45) is 4.99 Å². The third kappa shape index (κ3) is 4.40. The Hall–Kier alpha value is -4.57. The van der Waals surface area contributed by atoms with Gasteiger partial charge in [-0.2, -0.15) is 0 Å². The molecule has 1 unspecified atom stereocenters. The van der Waals surface area contributed by atoms with Gasteiger partial charge in [0.1, 0.15) is 0 Å². The molecule has 204 valence electrons. The average molecular weight is 557 g/mol. The topological polar surface area (TPSA) is 109 Å². The second-order valence-corrected chi connectivity index (χ2v) is 10.5. The molecular formula is C30H28N4O5S. The van der Waals surface area contributed by atoms with Gasteiger partial charge in [-0.3, -0.25) is 19.5 Å². The minimum atomic E-state index is -0.931. The fourth-order valence-electron chi connectivity index (χ4n) is 5.24. The number of nitro groups is 1. The molecule has 2 aromatic heterocycles. The number of nitro benzene ring substituents is 1. The van der Waals surface area contributed by atoms with Gasteiger partial charge in [0.25, 0.3) is 11.2 Å². The first-order valence-corrected chi connectivity index (χ1v) is 13.6. The Balaban J connectivity index is 1.79. The first kappa shape index (κ1) is 27.0. The number of hydrogen-bond donors (Lipinski definition) is 0. The number of aromatic nitrogens is 2. The van der Waals surface area contributed by atoms with E-state index < -0.39 is 16.9 Å². The minimum absolute atomic E-state index is 0.0943. The summed E-state index contributed by atoms with van der Waals surface area (Å²) < 4.78 is 9.36. The van der Waals surface area contributed by atoms with Crippen LogP contribution in [0.1, 0.15) is 42.3 Å². The molecule has 0 spiro atoms. The average Bonchev–Trinajstić information content (AvgIpc) is 3.37. The number of carbonyl (C=O) groups is 1. The van der Waals surface area contributed by atoms with E-state index in [1.165, 1.54) is 22.0 Å². The molecule has 1 aliphatic rings. The molecule has 10 heteroatoms. The second-order valence-electron chi connectivity index (χ2n) is 9.52. The van der Waals surface area contributed by atoms with E-state index in [9.17, 15) is 19.7 Å². The van der Waals surface area contributed by atoms with E-state index in [2.05, 4.69) is 16.1 Å². The molecule has 1 aliphatic heterocycles. The molecule has 0 amide bonds. The molecule has 3 heterocycles. The van der Waals surface area contributed by atoms with Gasteiger partial charge in [0.05, 0.1) is 33.4 Å². The summed E-state index contributed by atoms with van der Waals surface area (Å²) >= 11 is 1.22. The van der Waals surface area contributed by atoms with Crippen LogP contribution in [0.3, 0.4) is 0 Å². The normalized spacial score (nSPS) is 15.2. The number of benzene rings is 2. The smallest absolute Gasteiger partial charge is 0.338 e. The maximum atomic E-state index is 14.1. The highest BCUT2D eigenvalue weighted by Gasteiger charge is 2.34. The van der Waals surface area contributed by atoms with Crippen LogP contribution in [0.15, 0.2) is 76.2 Å². The van der Waals surface area contributed by atoms with Crippen molar-refractivity contribution in [3.63, 3.8) is 0 Å². The van der Waals surface area contributed by atoms with Crippen LogP contribution >= 0.6 is 11.3 Å². The highest BCUT2D eigenvalue weighted by atomic mass is 32.1. The molecule has 0 fully saturated rings. The number of aryl methyl sites for hydroxylation is 1. The summed E-state index contributed by atoms with van der Waals surface area (Å²) in [6, 6.07) is 11.8. The van der Waals surface area contributed by atoms with E-state index in [-0.39, 0.29) is 23.4 Å². The highest BCUT2D eigenvalue weighted by molar-refractivity contribution is 7.07. The Morgan fingerprint density at radius 3 is 2.67 bits per heavy atom. The van der Waals surface area contributed by atoms with Crippen molar-refractivity contribution in [3.05, 3.63) is 119 Å². The molecule has 0 saturated carbocycles. The maximum absolute atomic E-state index is 14.1. The lowest BCUT2D eigenvalue weighted by Crippen LogP contribution is -2.40. The van der Waals surface area contributed by atoms with Gasteiger partial charge in [0.15, 0.2) is 4.80 Å². The zero-order chi connectivity index (χ0) is 28.7. The number of carbonyl (C=O) groups excluding carboxylic acids is 1. The quantitative estimate of drug-likeness (QED) is 0.145. The summed E-state index contributed by atoms with van der Waals surface area (Å²) in [6.45, 7) is 11.7. The van der Waals surface area contributed by atoms with Gasteiger partial charge < -0.3 is 9.30 Å². The Bertz CT molecular complexity index is 1930. The Morgan fingerprint density at radius 2 is 1.98 bits per heavy atom. The molecule has 0 saturated heterocycles. The van der Waals surface area contributed by atoms with E-state index in [1.807, 2.05) is 43.3 Å². The van der Waals surface area contributed by atoms with E-state index >= 15 is 0 Å². The fraction of sp³-hybridized carbons (Fsp3) is 0.233. The molecule has 0 bridgehead atoms. The van der Waals surface area contributed by atoms with Crippen molar-refractivity contribution in [1.29, 1.82) is 0 Å². The van der Waals surface area contributed by atoms with Crippen molar-refractivity contribution in [1.82, 2.24) is 9.13 Å². The molecule has 1 atom stereocenters. The van der Waals surface area contributed by atoms with Crippen LogP contribution in [0.2, 0.25) is 0 Å². The summed E-state index contributed by atoms with van der Waals surface area (Å²) in [5, 5.41) is 12.8. The number of ether oxygens (including phenoxy) is 1. The summed E-state index contributed by atoms with van der Waals surface area (Å²) in [7, 11) is 0. The SMILES string of the molecule is C=CCn1c(C)c(C=c2sc3n(c2=O)C(c2ccc(C)c([N+](=O)[O-])c2)C(C(=O)OCC)=C(C)N=3)c2ccccc21. The number of rotatable bonds is 7. The van der Waals surface area contributed by atoms with Crippen LogP contribution in [0.25, 0.3) is 17.0 Å². The van der Waals surface area contributed by atoms with Gasteiger partial charge in [0, 0.05) is 40.3 Å². The maximum Gasteiger partial charge on any atom is 0.338 e. The molecule has 5 rings (SSSR count). The molecule has 40 heavy (non-hydrogen) atoms. The second kappa shape index (κ2) is 10.5. The molecule has 0 N–H and O–H groups in total. The van der Waals surface area contributed by atoms with Crippen LogP contribution in [0.5, 0.6) is 0 Å². The van der Waals surface area contributed by atoms with Gasteiger partial charge in [0.2, 0.25) is 0 Å². The minimum Gasteiger partial charge on any atom is -0.463 e. The molecule has 9 nitrogen and oxygen atoms in total. The van der Waals surface area contributed by atoms with Crippen molar-refractivity contribution in [3.8, 4) is 0 Å².